The van der Waals surface area contributed by atoms with E-state index in [2.05, 4.69) is 16.0 Å². The molecule has 0 radical (unpaired) electrons. The molecule has 0 bridgehead atoms. The van der Waals surface area contributed by atoms with Crippen molar-refractivity contribution in [2.75, 3.05) is 17.2 Å². The second kappa shape index (κ2) is 8.19. The third kappa shape index (κ3) is 5.97. The standard InChI is InChI=1S/C18H21N3O5/c1-18(2,3)26-17(24)19-11-15(22)20-12-7-4-5-8-13(12)21-16(23)14-9-6-10-25-14/h4-10H,11H2,1-3H3,(H,19,24)(H,20,22)(H,21,23). The fourth-order valence-electron chi connectivity index (χ4n) is 1.95. The highest BCUT2D eigenvalue weighted by molar-refractivity contribution is 6.06. The van der Waals surface area contributed by atoms with Gasteiger partial charge in [0.2, 0.25) is 5.91 Å². The summed E-state index contributed by atoms with van der Waals surface area (Å²) in [7, 11) is 0. The average Bonchev–Trinajstić information content (AvgIpc) is 3.08. The predicted molar refractivity (Wildman–Crippen MR) is 96.0 cm³/mol. The number of carbonyl (C=O) groups is 3. The van der Waals surface area contributed by atoms with Gasteiger partial charge in [0.1, 0.15) is 12.1 Å². The van der Waals surface area contributed by atoms with Crippen LogP contribution in [0.4, 0.5) is 16.2 Å². The van der Waals surface area contributed by atoms with Crippen LogP contribution in [-0.4, -0.2) is 30.1 Å². The lowest BCUT2D eigenvalue weighted by molar-refractivity contribution is -0.115. The van der Waals surface area contributed by atoms with Crippen molar-refractivity contribution < 1.29 is 23.5 Å². The summed E-state index contributed by atoms with van der Waals surface area (Å²) in [6.07, 6.45) is 0.706. The highest BCUT2D eigenvalue weighted by atomic mass is 16.6. The van der Waals surface area contributed by atoms with E-state index in [1.54, 1.807) is 51.1 Å². The molecule has 0 atom stereocenters. The molecule has 1 aromatic heterocycles. The number of carbonyl (C=O) groups excluding carboxylic acids is 3. The number of benzene rings is 1. The number of hydrogen-bond donors (Lipinski definition) is 3. The van der Waals surface area contributed by atoms with Gasteiger partial charge in [0.25, 0.3) is 5.91 Å². The summed E-state index contributed by atoms with van der Waals surface area (Å²) < 4.78 is 10.1. The summed E-state index contributed by atoms with van der Waals surface area (Å²) in [5.41, 5.74) is 0.145. The second-order valence-electron chi connectivity index (χ2n) is 6.38. The molecular formula is C18H21N3O5. The molecular weight excluding hydrogens is 338 g/mol. The average molecular weight is 359 g/mol. The lowest BCUT2D eigenvalue weighted by atomic mass is 10.2. The molecule has 0 fully saturated rings. The van der Waals surface area contributed by atoms with Crippen LogP contribution in [0, 0.1) is 0 Å². The van der Waals surface area contributed by atoms with E-state index >= 15 is 0 Å². The number of alkyl carbamates (subject to hydrolysis) is 1. The summed E-state index contributed by atoms with van der Waals surface area (Å²) in [5.74, 6) is -0.753. The SMILES string of the molecule is CC(C)(C)OC(=O)NCC(=O)Nc1ccccc1NC(=O)c1ccco1. The zero-order chi connectivity index (χ0) is 19.2. The largest absolute Gasteiger partial charge is 0.459 e. The molecule has 0 saturated carbocycles. The third-order valence-corrected chi connectivity index (χ3v) is 2.99. The molecule has 2 aromatic rings. The van der Waals surface area contributed by atoms with E-state index in [0.29, 0.717) is 11.4 Å². The minimum Gasteiger partial charge on any atom is -0.459 e. The van der Waals surface area contributed by atoms with E-state index in [-0.39, 0.29) is 12.3 Å². The number of rotatable bonds is 5. The number of para-hydroxylation sites is 2. The smallest absolute Gasteiger partial charge is 0.408 e. The molecule has 0 saturated heterocycles. The summed E-state index contributed by atoms with van der Waals surface area (Å²) >= 11 is 0. The van der Waals surface area contributed by atoms with Gasteiger partial charge in [-0.25, -0.2) is 4.79 Å². The van der Waals surface area contributed by atoms with Crippen molar-refractivity contribution >= 4 is 29.3 Å². The van der Waals surface area contributed by atoms with Gasteiger partial charge >= 0.3 is 6.09 Å². The van der Waals surface area contributed by atoms with Crippen LogP contribution in [0.3, 0.4) is 0 Å². The maximum atomic E-state index is 12.1. The minimum absolute atomic E-state index is 0.151. The number of hydrogen-bond acceptors (Lipinski definition) is 5. The first kappa shape index (κ1) is 19.0. The highest BCUT2D eigenvalue weighted by Crippen LogP contribution is 2.21. The zero-order valence-corrected chi connectivity index (χ0v) is 14.8. The maximum Gasteiger partial charge on any atom is 0.408 e. The molecule has 0 aliphatic rings. The molecule has 26 heavy (non-hydrogen) atoms. The van der Waals surface area contributed by atoms with Gasteiger partial charge in [-0.1, -0.05) is 12.1 Å². The van der Waals surface area contributed by atoms with Gasteiger partial charge in [-0.05, 0) is 45.0 Å². The van der Waals surface area contributed by atoms with Crippen molar-refractivity contribution in [3.63, 3.8) is 0 Å². The molecule has 8 nitrogen and oxygen atoms in total. The number of amides is 3. The van der Waals surface area contributed by atoms with E-state index in [1.165, 1.54) is 12.3 Å². The van der Waals surface area contributed by atoms with E-state index in [0.717, 1.165) is 0 Å². The van der Waals surface area contributed by atoms with Crippen molar-refractivity contribution in [2.24, 2.45) is 0 Å². The number of nitrogens with one attached hydrogen (secondary N) is 3. The number of ether oxygens (including phenoxy) is 1. The molecule has 138 valence electrons. The van der Waals surface area contributed by atoms with Crippen molar-refractivity contribution in [3.8, 4) is 0 Å². The molecule has 0 aliphatic carbocycles. The van der Waals surface area contributed by atoms with Gasteiger partial charge in [0.15, 0.2) is 5.76 Å². The first-order valence-electron chi connectivity index (χ1n) is 7.95. The molecule has 0 aliphatic heterocycles. The van der Waals surface area contributed by atoms with E-state index in [1.807, 2.05) is 0 Å². The van der Waals surface area contributed by atoms with Crippen molar-refractivity contribution in [3.05, 3.63) is 48.4 Å². The molecule has 3 amide bonds. The van der Waals surface area contributed by atoms with E-state index < -0.39 is 23.5 Å². The third-order valence-electron chi connectivity index (χ3n) is 2.99. The second-order valence-corrected chi connectivity index (χ2v) is 6.38. The van der Waals surface area contributed by atoms with Crippen LogP contribution in [0.5, 0.6) is 0 Å². The van der Waals surface area contributed by atoms with Crippen molar-refractivity contribution in [1.29, 1.82) is 0 Å². The molecule has 1 aromatic carbocycles. The molecule has 0 unspecified atom stereocenters. The predicted octanol–water partition coefficient (Wildman–Crippen LogP) is 3.00. The Balaban J connectivity index is 1.94. The van der Waals surface area contributed by atoms with Gasteiger partial charge < -0.3 is 25.1 Å². The van der Waals surface area contributed by atoms with Gasteiger partial charge in [0, 0.05) is 0 Å². The Morgan fingerprint density at radius 3 is 2.23 bits per heavy atom. The first-order valence-corrected chi connectivity index (χ1v) is 7.95. The van der Waals surface area contributed by atoms with Gasteiger partial charge in [-0.2, -0.15) is 0 Å². The van der Waals surface area contributed by atoms with Crippen LogP contribution in [-0.2, 0) is 9.53 Å². The van der Waals surface area contributed by atoms with Gasteiger partial charge in [-0.15, -0.1) is 0 Å². The van der Waals surface area contributed by atoms with E-state index in [4.69, 9.17) is 9.15 Å². The van der Waals surface area contributed by atoms with E-state index in [9.17, 15) is 14.4 Å². The Morgan fingerprint density at radius 1 is 1.00 bits per heavy atom. The maximum absolute atomic E-state index is 12.1. The van der Waals surface area contributed by atoms with Crippen LogP contribution < -0.4 is 16.0 Å². The molecule has 3 N–H and O–H groups in total. The lowest BCUT2D eigenvalue weighted by Gasteiger charge is -2.19. The van der Waals surface area contributed by atoms with Crippen LogP contribution in [0.15, 0.2) is 47.1 Å². The Morgan fingerprint density at radius 2 is 1.65 bits per heavy atom. The normalized spacial score (nSPS) is 10.7. The van der Waals surface area contributed by atoms with Crippen LogP contribution >= 0.6 is 0 Å². The van der Waals surface area contributed by atoms with Crippen LogP contribution in [0.25, 0.3) is 0 Å². The summed E-state index contributed by atoms with van der Waals surface area (Å²) in [4.78, 5) is 35.7. The molecule has 0 spiro atoms. The van der Waals surface area contributed by atoms with Gasteiger partial charge in [-0.3, -0.25) is 9.59 Å². The fraction of sp³-hybridized carbons (Fsp3) is 0.278. The molecule has 1 heterocycles. The molecule has 8 heteroatoms. The Labute approximate surface area is 150 Å². The van der Waals surface area contributed by atoms with Gasteiger partial charge in [0.05, 0.1) is 17.6 Å². The van der Waals surface area contributed by atoms with Crippen LogP contribution in [0.1, 0.15) is 31.3 Å². The summed E-state index contributed by atoms with van der Waals surface area (Å²) in [6, 6.07) is 9.82. The van der Waals surface area contributed by atoms with Crippen molar-refractivity contribution in [2.45, 2.75) is 26.4 Å². The quantitative estimate of drug-likeness (QED) is 0.760. The minimum atomic E-state index is -0.688. The highest BCUT2D eigenvalue weighted by Gasteiger charge is 2.17. The number of anilines is 2. The summed E-state index contributed by atoms with van der Waals surface area (Å²) in [5, 5.41) is 7.65. The fourth-order valence-corrected chi connectivity index (χ4v) is 1.95. The first-order chi connectivity index (χ1) is 12.2. The zero-order valence-electron chi connectivity index (χ0n) is 14.8. The van der Waals surface area contributed by atoms with Crippen LogP contribution in [0.2, 0.25) is 0 Å². The molecule has 2 rings (SSSR count). The van der Waals surface area contributed by atoms with Crippen molar-refractivity contribution in [1.82, 2.24) is 5.32 Å². The Hall–Kier alpha value is -3.29. The Bertz CT molecular complexity index is 778. The summed E-state index contributed by atoms with van der Waals surface area (Å²) in [6.45, 7) is 4.91. The number of furan rings is 1. The monoisotopic (exact) mass is 359 g/mol. The lowest BCUT2D eigenvalue weighted by Crippen LogP contribution is -2.37. The Kier molecular flexibility index (Phi) is 6.00. The topological polar surface area (TPSA) is 110 Å².